The normalized spacial score (nSPS) is 17.6. The van der Waals surface area contributed by atoms with Crippen LogP contribution in [0.2, 0.25) is 0 Å². The van der Waals surface area contributed by atoms with Gasteiger partial charge in [-0.25, -0.2) is 8.42 Å². The highest BCUT2D eigenvalue weighted by atomic mass is 32.2. The Hall–Kier alpha value is -1.62. The second kappa shape index (κ2) is 3.45. The van der Waals surface area contributed by atoms with Crippen LogP contribution in [0.15, 0.2) is 34.9 Å². The van der Waals surface area contributed by atoms with Gasteiger partial charge >= 0.3 is 0 Å². The van der Waals surface area contributed by atoms with Crippen LogP contribution in [-0.2, 0) is 14.8 Å². The molecule has 0 atom stereocenters. The minimum absolute atomic E-state index is 0.152. The predicted molar refractivity (Wildman–Crippen MR) is 60.0 cm³/mol. The van der Waals surface area contributed by atoms with Gasteiger partial charge in [0, 0.05) is 12.5 Å². The summed E-state index contributed by atoms with van der Waals surface area (Å²) in [6.45, 7) is 3.08. The molecule has 0 spiro atoms. The first-order valence-corrected chi connectivity index (χ1v) is 6.26. The molecule has 0 saturated carbocycles. The number of sulfonamides is 1. The van der Waals surface area contributed by atoms with Crippen molar-refractivity contribution in [3.8, 4) is 0 Å². The van der Waals surface area contributed by atoms with Crippen molar-refractivity contribution in [2.75, 3.05) is 0 Å². The van der Waals surface area contributed by atoms with Crippen molar-refractivity contribution in [1.29, 1.82) is 0 Å². The molecule has 0 amide bonds. The summed E-state index contributed by atoms with van der Waals surface area (Å²) < 4.78 is 26.0. The summed E-state index contributed by atoms with van der Waals surface area (Å²) in [6, 6.07) is 6.63. The van der Waals surface area contributed by atoms with E-state index in [9.17, 15) is 13.2 Å². The molecule has 1 aromatic rings. The van der Waals surface area contributed by atoms with Crippen molar-refractivity contribution in [3.63, 3.8) is 0 Å². The minimum Gasteiger partial charge on any atom is -0.293 e. The number of benzene rings is 1. The standard InChI is InChI=1S/C11H11NO3S/c1-7-9-5-3-4-6-10(9)16(14,15)12-11(7)8(2)13/h3-6,12H,1-2H3. The summed E-state index contributed by atoms with van der Waals surface area (Å²) in [7, 11) is -3.60. The smallest absolute Gasteiger partial charge is 0.262 e. The van der Waals surface area contributed by atoms with Gasteiger partial charge in [0.05, 0.1) is 10.6 Å². The molecule has 0 unspecified atom stereocenters. The fourth-order valence-corrected chi connectivity index (χ4v) is 3.19. The zero-order valence-corrected chi connectivity index (χ0v) is 9.76. The Morgan fingerprint density at radius 2 is 1.88 bits per heavy atom. The molecule has 5 heteroatoms. The molecule has 0 fully saturated rings. The Balaban J connectivity index is 2.80. The molecule has 0 bridgehead atoms. The van der Waals surface area contributed by atoms with Crippen LogP contribution in [0.5, 0.6) is 0 Å². The zero-order valence-electron chi connectivity index (χ0n) is 8.94. The van der Waals surface area contributed by atoms with Gasteiger partial charge in [0.15, 0.2) is 5.78 Å². The van der Waals surface area contributed by atoms with E-state index in [0.29, 0.717) is 11.1 Å². The van der Waals surface area contributed by atoms with Gasteiger partial charge in [-0.1, -0.05) is 18.2 Å². The number of carbonyl (C=O) groups is 1. The number of hydrogen-bond acceptors (Lipinski definition) is 3. The number of rotatable bonds is 1. The maximum absolute atomic E-state index is 11.8. The third-order valence-electron chi connectivity index (χ3n) is 2.54. The third-order valence-corrected chi connectivity index (χ3v) is 3.95. The van der Waals surface area contributed by atoms with E-state index in [1.807, 2.05) is 0 Å². The molecule has 1 aliphatic heterocycles. The summed E-state index contributed by atoms with van der Waals surface area (Å²) in [5, 5.41) is 0. The lowest BCUT2D eigenvalue weighted by molar-refractivity contribution is -0.113. The Morgan fingerprint density at radius 3 is 2.50 bits per heavy atom. The van der Waals surface area contributed by atoms with Crippen LogP contribution in [0.1, 0.15) is 19.4 Å². The molecule has 0 radical (unpaired) electrons. The second-order valence-electron chi connectivity index (χ2n) is 3.66. The first-order chi connectivity index (χ1) is 7.43. The summed E-state index contributed by atoms with van der Waals surface area (Å²) in [6.07, 6.45) is 0. The molecule has 16 heavy (non-hydrogen) atoms. The summed E-state index contributed by atoms with van der Waals surface area (Å²) in [4.78, 5) is 11.5. The van der Waals surface area contributed by atoms with Gasteiger partial charge < -0.3 is 0 Å². The highest BCUT2D eigenvalue weighted by Crippen LogP contribution is 2.29. The van der Waals surface area contributed by atoms with E-state index in [1.165, 1.54) is 13.0 Å². The van der Waals surface area contributed by atoms with E-state index in [-0.39, 0.29) is 16.4 Å². The van der Waals surface area contributed by atoms with Crippen LogP contribution in [0, 0.1) is 0 Å². The Kier molecular flexibility index (Phi) is 2.35. The largest absolute Gasteiger partial charge is 0.293 e. The molecular weight excluding hydrogens is 226 g/mol. The second-order valence-corrected chi connectivity index (χ2v) is 5.31. The minimum atomic E-state index is -3.60. The van der Waals surface area contributed by atoms with Gasteiger partial charge in [0.1, 0.15) is 0 Å². The average molecular weight is 237 g/mol. The number of carbonyl (C=O) groups excluding carboxylic acids is 1. The molecule has 0 aromatic heterocycles. The first kappa shape index (κ1) is 10.9. The summed E-state index contributed by atoms with van der Waals surface area (Å²) >= 11 is 0. The van der Waals surface area contributed by atoms with Crippen molar-refractivity contribution < 1.29 is 13.2 Å². The Morgan fingerprint density at radius 1 is 1.25 bits per heavy atom. The number of hydrogen-bond donors (Lipinski definition) is 1. The number of nitrogens with one attached hydrogen (secondary N) is 1. The lowest BCUT2D eigenvalue weighted by Crippen LogP contribution is -2.31. The molecule has 1 N–H and O–H groups in total. The van der Waals surface area contributed by atoms with Crippen LogP contribution >= 0.6 is 0 Å². The summed E-state index contributed by atoms with van der Waals surface area (Å²) in [5.74, 6) is -0.282. The van der Waals surface area contributed by atoms with Gasteiger partial charge in [0.25, 0.3) is 10.0 Å². The highest BCUT2D eigenvalue weighted by molar-refractivity contribution is 7.89. The number of fused-ring (bicyclic) bond motifs is 1. The highest BCUT2D eigenvalue weighted by Gasteiger charge is 2.28. The van der Waals surface area contributed by atoms with Gasteiger partial charge in [-0.2, -0.15) is 0 Å². The van der Waals surface area contributed by atoms with Crippen molar-refractivity contribution in [2.45, 2.75) is 18.7 Å². The predicted octanol–water partition coefficient (Wildman–Crippen LogP) is 1.30. The molecule has 1 aromatic carbocycles. The lowest BCUT2D eigenvalue weighted by atomic mass is 10.0. The van der Waals surface area contributed by atoms with E-state index in [0.717, 1.165) is 0 Å². The van der Waals surface area contributed by atoms with Crippen molar-refractivity contribution in [1.82, 2.24) is 4.72 Å². The maximum Gasteiger partial charge on any atom is 0.262 e. The fraction of sp³-hybridized carbons (Fsp3) is 0.182. The molecule has 0 aliphatic carbocycles. The number of ketones is 1. The Bertz CT molecular complexity index is 599. The van der Waals surface area contributed by atoms with Crippen molar-refractivity contribution >= 4 is 21.4 Å². The van der Waals surface area contributed by atoms with Crippen LogP contribution in [0.4, 0.5) is 0 Å². The van der Waals surface area contributed by atoms with Crippen molar-refractivity contribution in [3.05, 3.63) is 35.5 Å². The molecule has 4 nitrogen and oxygen atoms in total. The summed E-state index contributed by atoms with van der Waals surface area (Å²) in [5.41, 5.74) is 1.41. The fourth-order valence-electron chi connectivity index (χ4n) is 1.75. The number of allylic oxidation sites excluding steroid dienone is 2. The van der Waals surface area contributed by atoms with Gasteiger partial charge in [-0.3, -0.25) is 9.52 Å². The van der Waals surface area contributed by atoms with Crippen LogP contribution in [-0.4, -0.2) is 14.2 Å². The maximum atomic E-state index is 11.8. The quantitative estimate of drug-likeness (QED) is 0.800. The molecule has 1 heterocycles. The van der Waals surface area contributed by atoms with Crippen molar-refractivity contribution in [2.24, 2.45) is 0 Å². The zero-order chi connectivity index (χ0) is 11.9. The van der Waals surface area contributed by atoms with Crippen LogP contribution in [0.25, 0.3) is 5.57 Å². The van der Waals surface area contributed by atoms with Crippen LogP contribution in [0.3, 0.4) is 0 Å². The first-order valence-electron chi connectivity index (χ1n) is 4.77. The van der Waals surface area contributed by atoms with Gasteiger partial charge in [-0.05, 0) is 18.6 Å². The lowest BCUT2D eigenvalue weighted by Gasteiger charge is -2.21. The van der Waals surface area contributed by atoms with E-state index >= 15 is 0 Å². The molecule has 0 saturated heterocycles. The van der Waals surface area contributed by atoms with Gasteiger partial charge in [-0.15, -0.1) is 0 Å². The monoisotopic (exact) mass is 237 g/mol. The van der Waals surface area contributed by atoms with Crippen LogP contribution < -0.4 is 4.72 Å². The molecule has 2 rings (SSSR count). The van der Waals surface area contributed by atoms with E-state index in [2.05, 4.69) is 4.72 Å². The van der Waals surface area contributed by atoms with E-state index < -0.39 is 10.0 Å². The molecule has 84 valence electrons. The van der Waals surface area contributed by atoms with E-state index in [4.69, 9.17) is 0 Å². The average Bonchev–Trinajstić information content (AvgIpc) is 2.23. The van der Waals surface area contributed by atoms with Gasteiger partial charge in [0.2, 0.25) is 0 Å². The number of Topliss-reactive ketones (excluding diaryl/α,β-unsaturated/α-hetero) is 1. The third kappa shape index (κ3) is 1.53. The van der Waals surface area contributed by atoms with E-state index in [1.54, 1.807) is 25.1 Å². The Labute approximate surface area is 94.0 Å². The SMILES string of the molecule is CC(=O)C1=C(C)c2ccccc2S(=O)(=O)N1. The topological polar surface area (TPSA) is 63.2 Å². The molecular formula is C11H11NO3S. The molecule has 1 aliphatic rings.